The first-order valence-corrected chi connectivity index (χ1v) is 8.18. The minimum atomic E-state index is -0.143. The molecule has 0 bridgehead atoms. The molecule has 0 atom stereocenters. The van der Waals surface area contributed by atoms with E-state index in [-0.39, 0.29) is 18.0 Å². The zero-order valence-corrected chi connectivity index (χ0v) is 13.9. The van der Waals surface area contributed by atoms with Crippen LogP contribution >= 0.6 is 15.9 Å². The maximum absolute atomic E-state index is 12.3. The lowest BCUT2D eigenvalue weighted by molar-refractivity contribution is -0.133. The van der Waals surface area contributed by atoms with Crippen molar-refractivity contribution in [3.8, 4) is 0 Å². The maximum Gasteiger partial charge on any atom is 0.251 e. The summed E-state index contributed by atoms with van der Waals surface area (Å²) in [5.41, 5.74) is -0.143. The highest BCUT2D eigenvalue weighted by atomic mass is 79.9. The molecule has 6 heteroatoms. The van der Waals surface area contributed by atoms with Crippen LogP contribution in [0.5, 0.6) is 0 Å². The number of nitrogens with zero attached hydrogens (tertiary/aromatic N) is 2. The van der Waals surface area contributed by atoms with E-state index in [0.29, 0.717) is 5.92 Å². The highest BCUT2D eigenvalue weighted by Crippen LogP contribution is 2.20. The highest BCUT2D eigenvalue weighted by Gasteiger charge is 2.22. The molecule has 116 valence electrons. The number of aromatic nitrogens is 1. The molecule has 1 saturated heterocycles. The van der Waals surface area contributed by atoms with Gasteiger partial charge in [-0.2, -0.15) is 0 Å². The fourth-order valence-corrected chi connectivity index (χ4v) is 3.07. The van der Waals surface area contributed by atoms with Crippen LogP contribution in [0.25, 0.3) is 0 Å². The zero-order valence-electron chi connectivity index (χ0n) is 12.3. The first-order chi connectivity index (χ1) is 10.1. The van der Waals surface area contributed by atoms with Crippen LogP contribution in [0.2, 0.25) is 0 Å². The molecule has 1 aliphatic rings. The number of carbonyl (C=O) groups excluding carboxylic acids is 1. The third kappa shape index (κ3) is 4.68. The number of piperidine rings is 1. The van der Waals surface area contributed by atoms with Gasteiger partial charge in [-0.3, -0.25) is 9.59 Å². The van der Waals surface area contributed by atoms with Crippen molar-refractivity contribution >= 4 is 21.8 Å². The Balaban J connectivity index is 1.87. The number of amides is 1. The molecule has 1 aromatic rings. The van der Waals surface area contributed by atoms with Crippen LogP contribution in [-0.4, -0.2) is 42.1 Å². The fourth-order valence-electron chi connectivity index (χ4n) is 2.69. The molecule has 0 spiro atoms. The van der Waals surface area contributed by atoms with Crippen molar-refractivity contribution in [1.29, 1.82) is 0 Å². The van der Waals surface area contributed by atoms with Gasteiger partial charge < -0.3 is 14.8 Å². The number of rotatable bonds is 5. The monoisotopic (exact) mass is 355 g/mol. The van der Waals surface area contributed by atoms with Gasteiger partial charge in [0, 0.05) is 29.8 Å². The predicted octanol–water partition coefficient (Wildman–Crippen LogP) is 1.46. The molecule has 0 radical (unpaired) electrons. The van der Waals surface area contributed by atoms with E-state index in [1.54, 1.807) is 12.3 Å². The summed E-state index contributed by atoms with van der Waals surface area (Å²) in [6.45, 7) is 2.76. The summed E-state index contributed by atoms with van der Waals surface area (Å²) >= 11 is 3.32. The van der Waals surface area contributed by atoms with Crippen LogP contribution in [0.4, 0.5) is 0 Å². The molecule has 1 N–H and O–H groups in total. The van der Waals surface area contributed by atoms with Crippen molar-refractivity contribution in [2.24, 2.45) is 5.92 Å². The van der Waals surface area contributed by atoms with Crippen LogP contribution in [0.3, 0.4) is 0 Å². The number of hydrogen-bond donors (Lipinski definition) is 1. The smallest absolute Gasteiger partial charge is 0.251 e. The number of carbonyl (C=O) groups is 1. The Kier molecular flexibility index (Phi) is 5.99. The van der Waals surface area contributed by atoms with Gasteiger partial charge in [-0.1, -0.05) is 0 Å². The standard InChI is InChI=1S/C15H22BrN3O2/c1-17-7-4-12-5-8-18(9-6-12)15(21)11-19-10-13(16)2-3-14(19)20/h2-3,10,12,17H,4-9,11H2,1H3. The van der Waals surface area contributed by atoms with Crippen molar-refractivity contribution in [2.45, 2.75) is 25.8 Å². The number of likely N-dealkylation sites (tertiary alicyclic amines) is 1. The Bertz CT molecular complexity index is 536. The van der Waals surface area contributed by atoms with Gasteiger partial charge in [-0.05, 0) is 60.8 Å². The van der Waals surface area contributed by atoms with Crippen molar-refractivity contribution < 1.29 is 4.79 Å². The molecule has 2 heterocycles. The Labute approximate surface area is 133 Å². The minimum absolute atomic E-state index is 0.0299. The number of pyridine rings is 1. The molecular weight excluding hydrogens is 334 g/mol. The molecule has 1 amide bonds. The zero-order chi connectivity index (χ0) is 15.2. The Hall–Kier alpha value is -1.14. The maximum atomic E-state index is 12.3. The highest BCUT2D eigenvalue weighted by molar-refractivity contribution is 9.10. The molecule has 1 aliphatic heterocycles. The molecule has 2 rings (SSSR count). The van der Waals surface area contributed by atoms with E-state index in [0.717, 1.165) is 36.9 Å². The van der Waals surface area contributed by atoms with Gasteiger partial charge in [0.1, 0.15) is 6.54 Å². The fraction of sp³-hybridized carbons (Fsp3) is 0.600. The van der Waals surface area contributed by atoms with Crippen molar-refractivity contribution in [3.05, 3.63) is 33.2 Å². The summed E-state index contributed by atoms with van der Waals surface area (Å²) in [5, 5.41) is 3.17. The minimum Gasteiger partial charge on any atom is -0.341 e. The third-order valence-electron chi connectivity index (χ3n) is 4.02. The van der Waals surface area contributed by atoms with Crippen LogP contribution in [-0.2, 0) is 11.3 Å². The van der Waals surface area contributed by atoms with Crippen molar-refractivity contribution in [1.82, 2.24) is 14.8 Å². The second kappa shape index (κ2) is 7.75. The molecule has 0 saturated carbocycles. The van der Waals surface area contributed by atoms with Gasteiger partial charge in [-0.25, -0.2) is 0 Å². The van der Waals surface area contributed by atoms with Gasteiger partial charge >= 0.3 is 0 Å². The lowest BCUT2D eigenvalue weighted by Gasteiger charge is -2.32. The van der Waals surface area contributed by atoms with Gasteiger partial charge in [-0.15, -0.1) is 0 Å². The largest absolute Gasteiger partial charge is 0.341 e. The normalized spacial score (nSPS) is 16.2. The van der Waals surface area contributed by atoms with Gasteiger partial charge in [0.15, 0.2) is 0 Å². The summed E-state index contributed by atoms with van der Waals surface area (Å²) in [6, 6.07) is 3.16. The second-order valence-corrected chi connectivity index (χ2v) is 6.45. The quantitative estimate of drug-likeness (QED) is 0.869. The lowest BCUT2D eigenvalue weighted by atomic mass is 9.93. The molecule has 1 fully saturated rings. The first-order valence-electron chi connectivity index (χ1n) is 7.38. The van der Waals surface area contributed by atoms with E-state index in [1.807, 2.05) is 11.9 Å². The van der Waals surface area contributed by atoms with Gasteiger partial charge in [0.2, 0.25) is 5.91 Å². The number of nitrogens with one attached hydrogen (secondary N) is 1. The van der Waals surface area contributed by atoms with Crippen molar-refractivity contribution in [3.63, 3.8) is 0 Å². The van der Waals surface area contributed by atoms with Crippen LogP contribution in [0.15, 0.2) is 27.6 Å². The topological polar surface area (TPSA) is 54.3 Å². The predicted molar refractivity (Wildman–Crippen MR) is 86.2 cm³/mol. The summed E-state index contributed by atoms with van der Waals surface area (Å²) in [7, 11) is 1.97. The van der Waals surface area contributed by atoms with E-state index in [9.17, 15) is 9.59 Å². The SMILES string of the molecule is CNCCC1CCN(C(=O)Cn2cc(Br)ccc2=O)CC1. The van der Waals surface area contributed by atoms with Gasteiger partial charge in [0.25, 0.3) is 5.56 Å². The Morgan fingerprint density at radius 3 is 2.76 bits per heavy atom. The van der Waals surface area contributed by atoms with E-state index < -0.39 is 0 Å². The molecule has 1 aromatic heterocycles. The second-order valence-electron chi connectivity index (χ2n) is 5.53. The summed E-state index contributed by atoms with van der Waals surface area (Å²) in [5.74, 6) is 0.734. The molecule has 0 unspecified atom stereocenters. The summed E-state index contributed by atoms with van der Waals surface area (Å²) < 4.78 is 2.26. The van der Waals surface area contributed by atoms with Crippen molar-refractivity contribution in [2.75, 3.05) is 26.7 Å². The lowest BCUT2D eigenvalue weighted by Crippen LogP contribution is -2.41. The third-order valence-corrected chi connectivity index (χ3v) is 4.49. The number of halogens is 1. The van der Waals surface area contributed by atoms with E-state index in [2.05, 4.69) is 21.2 Å². The number of hydrogen-bond acceptors (Lipinski definition) is 3. The van der Waals surface area contributed by atoms with Gasteiger partial charge in [0.05, 0.1) is 0 Å². The molecule has 0 aromatic carbocycles. The Morgan fingerprint density at radius 2 is 2.10 bits per heavy atom. The molecule has 21 heavy (non-hydrogen) atoms. The van der Waals surface area contributed by atoms with E-state index in [1.165, 1.54) is 17.1 Å². The summed E-state index contributed by atoms with van der Waals surface area (Å²) in [4.78, 5) is 25.9. The average molecular weight is 356 g/mol. The van der Waals surface area contributed by atoms with E-state index in [4.69, 9.17) is 0 Å². The molecular formula is C15H22BrN3O2. The van der Waals surface area contributed by atoms with Crippen LogP contribution in [0.1, 0.15) is 19.3 Å². The average Bonchev–Trinajstić information content (AvgIpc) is 2.49. The molecule has 5 nitrogen and oxygen atoms in total. The Morgan fingerprint density at radius 1 is 1.38 bits per heavy atom. The van der Waals surface area contributed by atoms with Crippen LogP contribution in [0, 0.1) is 5.92 Å². The first kappa shape index (κ1) is 16.2. The summed E-state index contributed by atoms with van der Waals surface area (Å²) in [6.07, 6.45) is 4.95. The van der Waals surface area contributed by atoms with Crippen LogP contribution < -0.4 is 10.9 Å². The van der Waals surface area contributed by atoms with E-state index >= 15 is 0 Å². The molecule has 0 aliphatic carbocycles.